The van der Waals surface area contributed by atoms with E-state index < -0.39 is 47.8 Å². The van der Waals surface area contributed by atoms with E-state index in [-0.39, 0.29) is 0 Å². The lowest BCUT2D eigenvalue weighted by atomic mass is 9.63. The van der Waals surface area contributed by atoms with Crippen LogP contribution in [0.4, 0.5) is 17.6 Å². The Labute approximate surface area is 91.0 Å². The lowest BCUT2D eigenvalue weighted by molar-refractivity contribution is -0.347. The van der Waals surface area contributed by atoms with Crippen LogP contribution in [-0.2, 0) is 14.3 Å². The van der Waals surface area contributed by atoms with Crippen LogP contribution in [0.15, 0.2) is 0 Å². The fourth-order valence-corrected chi connectivity index (χ4v) is 2.31. The van der Waals surface area contributed by atoms with Gasteiger partial charge in [-0.3, -0.25) is 0 Å². The molecule has 0 aromatic rings. The molecule has 1 heterocycles. The Balaban J connectivity index is 2.39. The molecule has 0 aromatic heterocycles. The van der Waals surface area contributed by atoms with Crippen LogP contribution in [0.2, 0.25) is 0 Å². The summed E-state index contributed by atoms with van der Waals surface area (Å²) in [6.07, 6.45) is -4.45. The van der Waals surface area contributed by atoms with Gasteiger partial charge in [0.25, 0.3) is 0 Å². The Bertz CT molecular complexity index is 359. The topological polar surface area (TPSA) is 83.8 Å². The molecular formula is C8H6F4O5. The van der Waals surface area contributed by atoms with Crippen molar-refractivity contribution >= 4 is 11.9 Å². The van der Waals surface area contributed by atoms with Gasteiger partial charge in [0.15, 0.2) is 12.2 Å². The first-order valence-corrected chi connectivity index (χ1v) is 4.49. The number of carbonyl (C=O) groups is 2. The molecule has 0 spiro atoms. The van der Waals surface area contributed by atoms with E-state index in [9.17, 15) is 27.2 Å². The zero-order chi connectivity index (χ0) is 13.2. The van der Waals surface area contributed by atoms with Crippen LogP contribution in [0, 0.1) is 11.8 Å². The fraction of sp³-hybridized carbons (Fsp3) is 0.750. The third-order valence-electron chi connectivity index (χ3n) is 3.10. The first-order valence-electron chi connectivity index (χ1n) is 4.49. The summed E-state index contributed by atoms with van der Waals surface area (Å²) in [5.41, 5.74) is 0. The average Bonchev–Trinajstić information content (AvgIpc) is 2.56. The predicted octanol–water partition coefficient (Wildman–Crippen LogP) is 0.440. The number of rotatable bonds is 2. The van der Waals surface area contributed by atoms with Gasteiger partial charge in [-0.2, -0.15) is 17.6 Å². The van der Waals surface area contributed by atoms with Crippen LogP contribution >= 0.6 is 0 Å². The summed E-state index contributed by atoms with van der Waals surface area (Å²) in [4.78, 5) is 21.1. The van der Waals surface area contributed by atoms with Crippen molar-refractivity contribution in [3.05, 3.63) is 0 Å². The van der Waals surface area contributed by atoms with Crippen molar-refractivity contribution < 1.29 is 42.1 Å². The van der Waals surface area contributed by atoms with Crippen molar-refractivity contribution in [1.29, 1.82) is 0 Å². The Morgan fingerprint density at radius 1 is 0.882 bits per heavy atom. The van der Waals surface area contributed by atoms with Gasteiger partial charge in [0.2, 0.25) is 0 Å². The highest BCUT2D eigenvalue weighted by Crippen LogP contribution is 2.65. The number of fused-ring (bicyclic) bond motifs is 1. The summed E-state index contributed by atoms with van der Waals surface area (Å²) >= 11 is 0. The molecule has 96 valence electrons. The molecule has 0 aromatic carbocycles. The second-order valence-corrected chi connectivity index (χ2v) is 3.95. The Hall–Kier alpha value is -1.38. The van der Waals surface area contributed by atoms with Crippen LogP contribution in [0.3, 0.4) is 0 Å². The molecule has 0 bridgehead atoms. The molecule has 4 atom stereocenters. The Morgan fingerprint density at radius 2 is 1.18 bits per heavy atom. The molecule has 2 N–H and O–H groups in total. The summed E-state index contributed by atoms with van der Waals surface area (Å²) in [6, 6.07) is 0. The number of ether oxygens (including phenoxy) is 1. The summed E-state index contributed by atoms with van der Waals surface area (Å²) in [5, 5.41) is 17.1. The molecule has 9 heteroatoms. The van der Waals surface area contributed by atoms with Crippen LogP contribution in [0.25, 0.3) is 0 Å². The third kappa shape index (κ3) is 1.22. The monoisotopic (exact) mass is 258 g/mol. The SMILES string of the molecule is O=C(O)[C@H]1O[C@@H](C(=O)O)[C@H]2[C@H]1C(F)(F)C2(F)F. The summed E-state index contributed by atoms with van der Waals surface area (Å²) < 4.78 is 56.4. The molecule has 0 radical (unpaired) electrons. The van der Waals surface area contributed by atoms with E-state index in [0.717, 1.165) is 0 Å². The maximum absolute atomic E-state index is 13.0. The number of carboxylic acid groups (broad SMARTS) is 2. The molecule has 1 saturated heterocycles. The molecule has 5 nitrogen and oxygen atoms in total. The minimum absolute atomic E-state index is 1.88. The second-order valence-electron chi connectivity index (χ2n) is 3.95. The summed E-state index contributed by atoms with van der Waals surface area (Å²) in [7, 11) is 0. The lowest BCUT2D eigenvalue weighted by Gasteiger charge is -2.48. The average molecular weight is 258 g/mol. The van der Waals surface area contributed by atoms with Gasteiger partial charge in [0, 0.05) is 0 Å². The minimum Gasteiger partial charge on any atom is -0.479 e. The van der Waals surface area contributed by atoms with E-state index in [2.05, 4.69) is 4.74 Å². The van der Waals surface area contributed by atoms with Crippen molar-refractivity contribution in [2.75, 3.05) is 0 Å². The van der Waals surface area contributed by atoms with E-state index >= 15 is 0 Å². The van der Waals surface area contributed by atoms with E-state index in [4.69, 9.17) is 10.2 Å². The van der Waals surface area contributed by atoms with E-state index in [0.29, 0.717) is 0 Å². The highest BCUT2D eigenvalue weighted by molar-refractivity contribution is 5.79. The van der Waals surface area contributed by atoms with Gasteiger partial charge in [-0.05, 0) is 0 Å². The number of hydrogen-bond acceptors (Lipinski definition) is 3. The van der Waals surface area contributed by atoms with Crippen molar-refractivity contribution in [1.82, 2.24) is 0 Å². The van der Waals surface area contributed by atoms with Crippen LogP contribution in [0.1, 0.15) is 0 Å². The first kappa shape index (κ1) is 12.1. The molecule has 2 fully saturated rings. The quantitative estimate of drug-likeness (QED) is 0.702. The molecule has 17 heavy (non-hydrogen) atoms. The molecular weight excluding hydrogens is 252 g/mol. The molecule has 0 amide bonds. The van der Waals surface area contributed by atoms with Gasteiger partial charge in [0.1, 0.15) is 0 Å². The van der Waals surface area contributed by atoms with Gasteiger partial charge >= 0.3 is 23.8 Å². The normalized spacial score (nSPS) is 41.4. The highest BCUT2D eigenvalue weighted by atomic mass is 19.3. The Morgan fingerprint density at radius 3 is 1.41 bits per heavy atom. The van der Waals surface area contributed by atoms with Gasteiger partial charge in [0.05, 0.1) is 11.8 Å². The van der Waals surface area contributed by atoms with Crippen molar-refractivity contribution in [2.24, 2.45) is 11.8 Å². The number of carboxylic acids is 2. The fourth-order valence-electron chi connectivity index (χ4n) is 2.31. The molecule has 1 saturated carbocycles. The summed E-state index contributed by atoms with van der Waals surface area (Å²) in [5.74, 6) is -17.5. The zero-order valence-corrected chi connectivity index (χ0v) is 7.94. The molecule has 1 aliphatic carbocycles. The maximum Gasteiger partial charge on any atom is 0.333 e. The number of hydrogen-bond donors (Lipinski definition) is 2. The highest BCUT2D eigenvalue weighted by Gasteiger charge is 2.86. The van der Waals surface area contributed by atoms with Crippen molar-refractivity contribution in [2.45, 2.75) is 24.1 Å². The number of alkyl halides is 4. The second kappa shape index (κ2) is 3.09. The van der Waals surface area contributed by atoms with Gasteiger partial charge in [-0.1, -0.05) is 0 Å². The molecule has 0 unspecified atom stereocenters. The smallest absolute Gasteiger partial charge is 0.333 e. The van der Waals surface area contributed by atoms with E-state index in [1.165, 1.54) is 0 Å². The van der Waals surface area contributed by atoms with Crippen LogP contribution in [0.5, 0.6) is 0 Å². The van der Waals surface area contributed by atoms with Crippen LogP contribution < -0.4 is 0 Å². The lowest BCUT2D eigenvalue weighted by Crippen LogP contribution is -2.69. The Kier molecular flexibility index (Phi) is 2.20. The van der Waals surface area contributed by atoms with Crippen molar-refractivity contribution in [3.8, 4) is 0 Å². The molecule has 2 rings (SSSR count). The third-order valence-corrected chi connectivity index (χ3v) is 3.10. The first-order chi connectivity index (χ1) is 7.62. The maximum atomic E-state index is 13.0. The minimum atomic E-state index is -4.56. The summed E-state index contributed by atoms with van der Waals surface area (Å²) in [6.45, 7) is 0. The van der Waals surface area contributed by atoms with E-state index in [1.54, 1.807) is 0 Å². The largest absolute Gasteiger partial charge is 0.479 e. The van der Waals surface area contributed by atoms with Gasteiger partial charge in [-0.15, -0.1) is 0 Å². The molecule has 1 aliphatic heterocycles. The number of aliphatic carboxylic acids is 2. The predicted molar refractivity (Wildman–Crippen MR) is 40.8 cm³/mol. The van der Waals surface area contributed by atoms with E-state index in [1.807, 2.05) is 0 Å². The van der Waals surface area contributed by atoms with Gasteiger partial charge in [-0.25, -0.2) is 9.59 Å². The van der Waals surface area contributed by atoms with Gasteiger partial charge < -0.3 is 14.9 Å². The van der Waals surface area contributed by atoms with Crippen LogP contribution in [-0.4, -0.2) is 46.2 Å². The molecule has 2 aliphatic rings. The standard InChI is InChI=1S/C8H6F4O5/c9-7(10)1-2(8(7,11)12)4(6(15)16)17-3(1)5(13)14/h1-4H,(H,13,14)(H,15,16)/t1-,2-,3-,4+/m1/s1. The van der Waals surface area contributed by atoms with Crippen molar-refractivity contribution in [3.63, 3.8) is 0 Å². The number of halogens is 4. The zero-order valence-electron chi connectivity index (χ0n) is 7.94.